The Kier molecular flexibility index (Phi) is 5.55. The molecule has 0 aliphatic heterocycles. The number of hydrogen-bond donors (Lipinski definition) is 2. The fraction of sp³-hybridized carbons (Fsp3) is 0.143. The quantitative estimate of drug-likeness (QED) is 0.553. The van der Waals surface area contributed by atoms with Crippen molar-refractivity contribution in [3.05, 3.63) is 45.0 Å². The molecule has 1 aromatic heterocycles. The molecule has 0 aliphatic carbocycles. The first-order valence-corrected chi connectivity index (χ1v) is 7.47. The number of pyridine rings is 1. The van der Waals surface area contributed by atoms with Gasteiger partial charge in [-0.25, -0.2) is 4.98 Å². The van der Waals surface area contributed by atoms with Gasteiger partial charge in [-0.1, -0.05) is 11.6 Å². The monoisotopic (exact) mass is 423 g/mol. The number of nitrogens with one attached hydrogen (secondary N) is 1. The van der Waals surface area contributed by atoms with Gasteiger partial charge in [0, 0.05) is 6.20 Å². The minimum absolute atomic E-state index is 0.0225. The molecule has 2 N–H and O–H groups in total. The van der Waals surface area contributed by atoms with Crippen molar-refractivity contribution in [2.45, 2.75) is 6.18 Å². The van der Waals surface area contributed by atoms with E-state index in [0.717, 1.165) is 6.07 Å². The first-order chi connectivity index (χ1) is 11.2. The van der Waals surface area contributed by atoms with Crippen LogP contribution in [0.3, 0.4) is 0 Å². The lowest BCUT2D eigenvalue weighted by atomic mass is 10.2. The third-order valence-electron chi connectivity index (χ3n) is 2.82. The van der Waals surface area contributed by atoms with Crippen LogP contribution in [0.25, 0.3) is 0 Å². The summed E-state index contributed by atoms with van der Waals surface area (Å²) in [4.78, 5) is 3.59. The lowest BCUT2D eigenvalue weighted by Crippen LogP contribution is -2.06. The maximum Gasteiger partial charge on any atom is 0.417 e. The predicted octanol–water partition coefficient (Wildman–Crippen LogP) is 4.68. The maximum absolute atomic E-state index is 12.5. The molecule has 0 saturated heterocycles. The molecule has 0 aliphatic rings. The van der Waals surface area contributed by atoms with Gasteiger partial charge in [-0.05, 0) is 39.7 Å². The topological polar surface area (TPSA) is 66.7 Å². The Morgan fingerprint density at radius 1 is 1.38 bits per heavy atom. The number of hydrogen-bond acceptors (Lipinski definition) is 5. The first-order valence-electron chi connectivity index (χ1n) is 6.30. The zero-order valence-corrected chi connectivity index (χ0v) is 14.4. The molecule has 24 heavy (non-hydrogen) atoms. The molecule has 1 aromatic carbocycles. The number of anilines is 1. The fourth-order valence-corrected chi connectivity index (χ4v) is 2.34. The van der Waals surface area contributed by atoms with Crippen molar-refractivity contribution in [2.75, 3.05) is 12.5 Å². The van der Waals surface area contributed by atoms with Gasteiger partial charge >= 0.3 is 6.18 Å². The zero-order chi connectivity index (χ0) is 17.9. The van der Waals surface area contributed by atoms with E-state index in [1.54, 1.807) is 6.07 Å². The minimum Gasteiger partial charge on any atom is -0.503 e. The Labute approximate surface area is 148 Å². The molecule has 2 rings (SSSR count). The van der Waals surface area contributed by atoms with Crippen LogP contribution in [0.4, 0.5) is 19.0 Å². The van der Waals surface area contributed by atoms with Crippen molar-refractivity contribution in [3.8, 4) is 11.5 Å². The van der Waals surface area contributed by atoms with Crippen LogP contribution < -0.4 is 10.2 Å². The summed E-state index contributed by atoms with van der Waals surface area (Å²) >= 11 is 8.91. The van der Waals surface area contributed by atoms with Gasteiger partial charge in [-0.2, -0.15) is 18.3 Å². The molecule has 0 radical (unpaired) electrons. The molecule has 0 bridgehead atoms. The second kappa shape index (κ2) is 7.27. The Bertz CT molecular complexity index is 785. The highest BCUT2D eigenvalue weighted by atomic mass is 79.9. The summed E-state index contributed by atoms with van der Waals surface area (Å²) < 4.78 is 43.0. The van der Waals surface area contributed by atoms with Gasteiger partial charge in [-0.15, -0.1) is 0 Å². The van der Waals surface area contributed by atoms with Crippen molar-refractivity contribution in [3.63, 3.8) is 0 Å². The summed E-state index contributed by atoms with van der Waals surface area (Å²) in [5, 5.41) is 13.3. The molecule has 0 saturated carbocycles. The van der Waals surface area contributed by atoms with Crippen LogP contribution in [-0.2, 0) is 6.18 Å². The fourth-order valence-electron chi connectivity index (χ4n) is 1.67. The molecule has 0 amide bonds. The average Bonchev–Trinajstić information content (AvgIpc) is 2.51. The van der Waals surface area contributed by atoms with E-state index >= 15 is 0 Å². The van der Waals surface area contributed by atoms with Crippen molar-refractivity contribution >= 4 is 39.6 Å². The number of rotatable bonds is 4. The summed E-state index contributed by atoms with van der Waals surface area (Å²) in [5.74, 6) is 0.150. The van der Waals surface area contributed by atoms with Gasteiger partial charge in [0.2, 0.25) is 0 Å². The van der Waals surface area contributed by atoms with Gasteiger partial charge in [0.25, 0.3) is 0 Å². The number of phenolic OH excluding ortho intramolecular Hbond substituents is 1. The van der Waals surface area contributed by atoms with Gasteiger partial charge < -0.3 is 9.84 Å². The number of halogens is 5. The molecule has 128 valence electrons. The van der Waals surface area contributed by atoms with E-state index in [-0.39, 0.29) is 22.3 Å². The normalized spacial score (nSPS) is 11.8. The van der Waals surface area contributed by atoms with Gasteiger partial charge in [0.05, 0.1) is 28.4 Å². The smallest absolute Gasteiger partial charge is 0.417 e. The van der Waals surface area contributed by atoms with Crippen molar-refractivity contribution < 1.29 is 23.0 Å². The molecule has 5 nitrogen and oxygen atoms in total. The predicted molar refractivity (Wildman–Crippen MR) is 87.8 cm³/mol. The molecule has 0 atom stereocenters. The third kappa shape index (κ3) is 4.30. The Morgan fingerprint density at radius 3 is 2.67 bits per heavy atom. The van der Waals surface area contributed by atoms with Crippen LogP contribution >= 0.6 is 27.5 Å². The standard InChI is InChI=1S/C14H10BrClF3N3O2/c1-24-11-3-7(2-9(15)12(11)23)5-21-22-13-10(16)4-8(6-20-13)14(17,18)19/h2-6,23H,1H3,(H,20,22)/b21-5+. The van der Waals surface area contributed by atoms with Crippen LogP contribution in [0.5, 0.6) is 11.5 Å². The number of hydrazone groups is 1. The lowest BCUT2D eigenvalue weighted by molar-refractivity contribution is -0.137. The van der Waals surface area contributed by atoms with Crippen molar-refractivity contribution in [1.29, 1.82) is 0 Å². The lowest BCUT2D eigenvalue weighted by Gasteiger charge is -2.08. The van der Waals surface area contributed by atoms with Crippen molar-refractivity contribution in [2.24, 2.45) is 5.10 Å². The molecular weight excluding hydrogens is 415 g/mol. The van der Waals surface area contributed by atoms with Crippen LogP contribution in [0.2, 0.25) is 5.02 Å². The minimum atomic E-state index is -4.52. The number of aromatic nitrogens is 1. The Balaban J connectivity index is 2.16. The highest BCUT2D eigenvalue weighted by Gasteiger charge is 2.31. The number of ether oxygens (including phenoxy) is 1. The van der Waals surface area contributed by atoms with Crippen LogP contribution in [0.1, 0.15) is 11.1 Å². The highest BCUT2D eigenvalue weighted by Crippen LogP contribution is 2.35. The molecule has 2 aromatic rings. The van der Waals surface area contributed by atoms with Gasteiger partial charge in [0.15, 0.2) is 17.3 Å². The van der Waals surface area contributed by atoms with E-state index in [1.807, 2.05) is 0 Å². The largest absolute Gasteiger partial charge is 0.503 e. The summed E-state index contributed by atoms with van der Waals surface area (Å²) in [7, 11) is 1.40. The van der Waals surface area contributed by atoms with E-state index in [2.05, 4.69) is 31.4 Å². The number of benzene rings is 1. The summed E-state index contributed by atoms with van der Waals surface area (Å²) in [6.45, 7) is 0. The van der Waals surface area contributed by atoms with E-state index in [0.29, 0.717) is 16.2 Å². The summed E-state index contributed by atoms with van der Waals surface area (Å²) in [6.07, 6.45) is -2.50. The van der Waals surface area contributed by atoms with E-state index < -0.39 is 11.7 Å². The number of nitrogens with zero attached hydrogens (tertiary/aromatic N) is 2. The van der Waals surface area contributed by atoms with E-state index in [1.165, 1.54) is 19.4 Å². The first kappa shape index (κ1) is 18.3. The third-order valence-corrected chi connectivity index (χ3v) is 3.72. The van der Waals surface area contributed by atoms with Crippen molar-refractivity contribution in [1.82, 2.24) is 4.98 Å². The van der Waals surface area contributed by atoms with Crippen LogP contribution in [0.15, 0.2) is 34.0 Å². The molecular formula is C14H10BrClF3N3O2. The second-order valence-corrected chi connectivity index (χ2v) is 5.74. The van der Waals surface area contributed by atoms with Crippen LogP contribution in [0, 0.1) is 0 Å². The summed E-state index contributed by atoms with van der Waals surface area (Å²) in [6, 6.07) is 3.85. The van der Waals surface area contributed by atoms with Crippen LogP contribution in [-0.4, -0.2) is 23.4 Å². The van der Waals surface area contributed by atoms with E-state index in [9.17, 15) is 18.3 Å². The molecule has 0 unspecified atom stereocenters. The van der Waals surface area contributed by atoms with Gasteiger partial charge in [-0.3, -0.25) is 5.43 Å². The zero-order valence-electron chi connectivity index (χ0n) is 12.0. The Morgan fingerprint density at radius 2 is 2.08 bits per heavy atom. The van der Waals surface area contributed by atoms with Gasteiger partial charge in [0.1, 0.15) is 0 Å². The average molecular weight is 425 g/mol. The molecule has 1 heterocycles. The number of alkyl halides is 3. The Hall–Kier alpha value is -2.00. The molecule has 10 heteroatoms. The SMILES string of the molecule is COc1cc(/C=N/Nc2ncc(C(F)(F)F)cc2Cl)cc(Br)c1O. The second-order valence-electron chi connectivity index (χ2n) is 4.48. The highest BCUT2D eigenvalue weighted by molar-refractivity contribution is 9.10. The number of phenols is 1. The summed E-state index contributed by atoms with van der Waals surface area (Å²) in [5.41, 5.74) is 2.06. The van der Waals surface area contributed by atoms with E-state index in [4.69, 9.17) is 16.3 Å². The molecule has 0 fully saturated rings. The number of aromatic hydroxyl groups is 1. The number of methoxy groups -OCH3 is 1. The molecule has 0 spiro atoms. The maximum atomic E-state index is 12.5.